The largest absolute Gasteiger partial charge is 0.309 e. The Hall–Kier alpha value is 0.260. The molecule has 1 fully saturated rings. The summed E-state index contributed by atoms with van der Waals surface area (Å²) in [7, 11) is 0. The lowest BCUT2D eigenvalue weighted by Gasteiger charge is -2.48. The normalized spacial score (nSPS) is 28.0. The highest BCUT2D eigenvalue weighted by Crippen LogP contribution is 2.40. The van der Waals surface area contributed by atoms with E-state index in [1.807, 2.05) is 0 Å². The molecule has 0 saturated carbocycles. The molecule has 1 heterocycles. The molecule has 0 aromatic heterocycles. The van der Waals surface area contributed by atoms with Gasteiger partial charge in [-0.25, -0.2) is 0 Å². The fraction of sp³-hybridized carbons (Fsp3) is 0.571. The highest BCUT2D eigenvalue weighted by Gasteiger charge is 2.43. The molecule has 0 spiro atoms. The number of hydrogen-bond acceptors (Lipinski definition) is 2. The molecule has 0 radical (unpaired) electrons. The van der Waals surface area contributed by atoms with Crippen LogP contribution >= 0.6 is 34.4 Å². The summed E-state index contributed by atoms with van der Waals surface area (Å²) in [6.07, 6.45) is 1.10. The Kier molecular flexibility index (Phi) is 4.10. The zero-order valence-electron chi connectivity index (χ0n) is 10.7. The van der Waals surface area contributed by atoms with Gasteiger partial charge in [0.1, 0.15) is 0 Å². The van der Waals surface area contributed by atoms with Crippen LogP contribution in [-0.2, 0) is 6.42 Å². The summed E-state index contributed by atoms with van der Waals surface area (Å²) in [6, 6.07) is 8.84. The summed E-state index contributed by atoms with van der Waals surface area (Å²) < 4.78 is 1.61. The Labute approximate surface area is 122 Å². The van der Waals surface area contributed by atoms with Crippen molar-refractivity contribution in [2.45, 2.75) is 37.5 Å². The van der Waals surface area contributed by atoms with Crippen LogP contribution < -0.4 is 5.32 Å². The smallest absolute Gasteiger partial charge is 0.0335 e. The molecule has 3 heteroatoms. The number of benzene rings is 1. The van der Waals surface area contributed by atoms with Gasteiger partial charge in [0.2, 0.25) is 0 Å². The Bertz CT molecular complexity index is 405. The third-order valence-electron chi connectivity index (χ3n) is 3.86. The first-order chi connectivity index (χ1) is 7.93. The molecule has 1 saturated heterocycles. The van der Waals surface area contributed by atoms with Gasteiger partial charge in [-0.2, -0.15) is 11.8 Å². The number of thioether (sulfide) groups is 1. The second-order valence-corrected chi connectivity index (χ2v) is 8.39. The van der Waals surface area contributed by atoms with Gasteiger partial charge < -0.3 is 5.32 Å². The lowest BCUT2D eigenvalue weighted by molar-refractivity contribution is 0.283. The Morgan fingerprint density at radius 2 is 2.12 bits per heavy atom. The molecule has 1 nitrogen and oxygen atoms in total. The van der Waals surface area contributed by atoms with Crippen molar-refractivity contribution in [3.05, 3.63) is 33.4 Å². The molecular weight excluding hydrogens is 341 g/mol. The maximum Gasteiger partial charge on any atom is 0.0335 e. The van der Waals surface area contributed by atoms with E-state index < -0.39 is 0 Å². The standard InChI is InChI=1S/C14H20INS/c1-13(2)14(3,16-7-8-17-13)10-11-5-4-6-12(15)9-11/h4-6,9,16H,7-8,10H2,1-3H3. The minimum absolute atomic E-state index is 0.181. The lowest BCUT2D eigenvalue weighted by Crippen LogP contribution is -2.61. The number of nitrogens with one attached hydrogen (secondary N) is 1. The SMILES string of the molecule is CC1(Cc2cccc(I)c2)NCCSC1(C)C. The molecule has 1 aliphatic rings. The van der Waals surface area contributed by atoms with Gasteiger partial charge in [-0.1, -0.05) is 12.1 Å². The minimum atomic E-state index is 0.181. The van der Waals surface area contributed by atoms with E-state index in [9.17, 15) is 0 Å². The predicted octanol–water partition coefficient (Wildman–Crippen LogP) is 3.71. The zero-order valence-corrected chi connectivity index (χ0v) is 13.7. The van der Waals surface area contributed by atoms with E-state index in [0.29, 0.717) is 0 Å². The van der Waals surface area contributed by atoms with Crippen molar-refractivity contribution in [3.8, 4) is 0 Å². The van der Waals surface area contributed by atoms with Crippen LogP contribution in [0.2, 0.25) is 0 Å². The summed E-state index contributed by atoms with van der Waals surface area (Å²) in [5.74, 6) is 1.22. The summed E-state index contributed by atoms with van der Waals surface area (Å²) in [5.41, 5.74) is 1.61. The van der Waals surface area contributed by atoms with Crippen molar-refractivity contribution in [3.63, 3.8) is 0 Å². The fourth-order valence-electron chi connectivity index (χ4n) is 2.34. The van der Waals surface area contributed by atoms with E-state index in [-0.39, 0.29) is 10.3 Å². The first kappa shape index (κ1) is 13.7. The van der Waals surface area contributed by atoms with Crippen molar-refractivity contribution in [1.29, 1.82) is 0 Å². The van der Waals surface area contributed by atoms with Gasteiger partial charge in [-0.05, 0) is 67.5 Å². The molecule has 1 atom stereocenters. The first-order valence-electron chi connectivity index (χ1n) is 6.06. The quantitative estimate of drug-likeness (QED) is 0.806. The van der Waals surface area contributed by atoms with Crippen LogP contribution in [0.15, 0.2) is 24.3 Å². The van der Waals surface area contributed by atoms with E-state index in [2.05, 4.69) is 84.7 Å². The summed E-state index contributed by atoms with van der Waals surface area (Å²) in [4.78, 5) is 0. The molecule has 1 aliphatic heterocycles. The summed E-state index contributed by atoms with van der Waals surface area (Å²) >= 11 is 4.47. The number of hydrogen-bond donors (Lipinski definition) is 1. The summed E-state index contributed by atoms with van der Waals surface area (Å²) in [6.45, 7) is 8.20. The van der Waals surface area contributed by atoms with Gasteiger partial charge in [0.15, 0.2) is 0 Å². The molecule has 0 amide bonds. The van der Waals surface area contributed by atoms with Crippen molar-refractivity contribution < 1.29 is 0 Å². The van der Waals surface area contributed by atoms with E-state index in [0.717, 1.165) is 13.0 Å². The third kappa shape index (κ3) is 2.99. The Balaban J connectivity index is 2.21. The molecule has 94 valence electrons. The molecule has 1 aromatic carbocycles. The van der Waals surface area contributed by atoms with Crippen molar-refractivity contribution >= 4 is 34.4 Å². The van der Waals surface area contributed by atoms with Crippen molar-refractivity contribution in [1.82, 2.24) is 5.32 Å². The highest BCUT2D eigenvalue weighted by atomic mass is 127. The Morgan fingerprint density at radius 1 is 1.35 bits per heavy atom. The highest BCUT2D eigenvalue weighted by molar-refractivity contribution is 14.1. The zero-order chi connectivity index (χ0) is 12.5. The molecular formula is C14H20INS. The molecule has 17 heavy (non-hydrogen) atoms. The molecule has 1 N–H and O–H groups in total. The van der Waals surface area contributed by atoms with E-state index in [1.54, 1.807) is 0 Å². The lowest BCUT2D eigenvalue weighted by atomic mass is 9.81. The molecule has 2 rings (SSSR count). The number of rotatable bonds is 2. The van der Waals surface area contributed by atoms with Gasteiger partial charge >= 0.3 is 0 Å². The minimum Gasteiger partial charge on any atom is -0.309 e. The molecule has 1 unspecified atom stereocenters. The predicted molar refractivity (Wildman–Crippen MR) is 85.8 cm³/mol. The van der Waals surface area contributed by atoms with Crippen LogP contribution in [-0.4, -0.2) is 22.6 Å². The van der Waals surface area contributed by atoms with Crippen LogP contribution in [0.1, 0.15) is 26.3 Å². The monoisotopic (exact) mass is 361 g/mol. The topological polar surface area (TPSA) is 12.0 Å². The van der Waals surface area contributed by atoms with E-state index in [1.165, 1.54) is 14.9 Å². The Morgan fingerprint density at radius 3 is 2.76 bits per heavy atom. The second kappa shape index (κ2) is 5.10. The average Bonchev–Trinajstić information content (AvgIpc) is 2.23. The van der Waals surface area contributed by atoms with Crippen LogP contribution in [0, 0.1) is 3.57 Å². The maximum absolute atomic E-state index is 3.73. The van der Waals surface area contributed by atoms with E-state index >= 15 is 0 Å². The first-order valence-corrected chi connectivity index (χ1v) is 8.13. The van der Waals surface area contributed by atoms with Gasteiger partial charge in [0, 0.05) is 26.2 Å². The van der Waals surface area contributed by atoms with Gasteiger partial charge in [-0.3, -0.25) is 0 Å². The molecule has 0 bridgehead atoms. The average molecular weight is 361 g/mol. The van der Waals surface area contributed by atoms with Crippen LogP contribution in [0.4, 0.5) is 0 Å². The molecule has 1 aromatic rings. The van der Waals surface area contributed by atoms with E-state index in [4.69, 9.17) is 0 Å². The van der Waals surface area contributed by atoms with Crippen molar-refractivity contribution in [2.75, 3.05) is 12.3 Å². The maximum atomic E-state index is 3.73. The summed E-state index contributed by atoms with van der Waals surface area (Å²) in [5, 5.41) is 3.73. The molecule has 0 aliphatic carbocycles. The van der Waals surface area contributed by atoms with Gasteiger partial charge in [0.25, 0.3) is 0 Å². The van der Waals surface area contributed by atoms with Crippen LogP contribution in [0.3, 0.4) is 0 Å². The van der Waals surface area contributed by atoms with Gasteiger partial charge in [-0.15, -0.1) is 0 Å². The van der Waals surface area contributed by atoms with Crippen LogP contribution in [0.25, 0.3) is 0 Å². The third-order valence-corrected chi connectivity index (χ3v) is 6.11. The van der Waals surface area contributed by atoms with Crippen molar-refractivity contribution in [2.24, 2.45) is 0 Å². The second-order valence-electron chi connectivity index (χ2n) is 5.42. The number of halogens is 1. The van der Waals surface area contributed by atoms with Crippen LogP contribution in [0.5, 0.6) is 0 Å². The fourth-order valence-corrected chi connectivity index (χ4v) is 4.12. The van der Waals surface area contributed by atoms with Gasteiger partial charge in [0.05, 0.1) is 0 Å².